The molecule has 192 valence electrons. The number of nitrogens with zero attached hydrogens (tertiary/aromatic N) is 4. The molecule has 2 aliphatic rings. The first-order valence-electron chi connectivity index (χ1n) is 12.6. The number of carbonyl (C=O) groups excluding carboxylic acids is 1. The Hall–Kier alpha value is -3.79. The number of likely N-dealkylation sites (tertiary alicyclic amines) is 1. The van der Waals surface area contributed by atoms with Crippen LogP contribution in [0.3, 0.4) is 0 Å². The molecule has 0 saturated carbocycles. The van der Waals surface area contributed by atoms with Crippen molar-refractivity contribution in [3.05, 3.63) is 58.1 Å². The predicted molar refractivity (Wildman–Crippen MR) is 136 cm³/mol. The first kappa shape index (κ1) is 23.6. The van der Waals surface area contributed by atoms with Gasteiger partial charge in [0.15, 0.2) is 5.82 Å². The molecule has 1 aromatic carbocycles. The highest BCUT2D eigenvalue weighted by Crippen LogP contribution is 2.33. The summed E-state index contributed by atoms with van der Waals surface area (Å²) in [6.07, 6.45) is 4.56. The molecular weight excluding hydrogens is 477 g/mol. The van der Waals surface area contributed by atoms with Crippen LogP contribution in [0.5, 0.6) is 5.88 Å². The van der Waals surface area contributed by atoms with Gasteiger partial charge in [0.1, 0.15) is 11.4 Å². The van der Waals surface area contributed by atoms with Crippen molar-refractivity contribution in [1.82, 2.24) is 19.9 Å². The Bertz CT molecular complexity index is 1560. The molecule has 1 atom stereocenters. The molecule has 0 bridgehead atoms. The van der Waals surface area contributed by atoms with Gasteiger partial charge in [0.25, 0.3) is 0 Å². The number of rotatable bonds is 5. The fourth-order valence-corrected chi connectivity index (χ4v) is 5.54. The topological polar surface area (TPSA) is 105 Å². The number of anilines is 1. The molecule has 5 heterocycles. The molecule has 4 aromatic rings. The van der Waals surface area contributed by atoms with Crippen LogP contribution >= 0.6 is 0 Å². The van der Waals surface area contributed by atoms with Gasteiger partial charge in [-0.3, -0.25) is 14.7 Å². The summed E-state index contributed by atoms with van der Waals surface area (Å²) in [5, 5.41) is 0.988. The minimum atomic E-state index is -0.433. The zero-order chi connectivity index (χ0) is 25.7. The quantitative estimate of drug-likeness (QED) is 0.414. The Morgan fingerprint density at radius 3 is 2.78 bits per heavy atom. The lowest BCUT2D eigenvalue weighted by molar-refractivity contribution is -0.123. The van der Waals surface area contributed by atoms with Crippen molar-refractivity contribution >= 4 is 33.6 Å². The van der Waals surface area contributed by atoms with Crippen molar-refractivity contribution in [2.45, 2.75) is 38.6 Å². The van der Waals surface area contributed by atoms with Gasteiger partial charge in [0.2, 0.25) is 11.8 Å². The maximum atomic E-state index is 13.8. The van der Waals surface area contributed by atoms with Crippen molar-refractivity contribution in [3.8, 4) is 5.88 Å². The Morgan fingerprint density at radius 2 is 2.00 bits per heavy atom. The minimum Gasteiger partial charge on any atom is -0.480 e. The number of hydrogen-bond acceptors (Lipinski definition) is 7. The molecule has 9 nitrogen and oxygen atoms in total. The summed E-state index contributed by atoms with van der Waals surface area (Å²) in [6.45, 7) is 4.42. The van der Waals surface area contributed by atoms with E-state index < -0.39 is 5.63 Å². The number of methoxy groups -OCH3 is 1. The van der Waals surface area contributed by atoms with E-state index in [-0.39, 0.29) is 23.7 Å². The summed E-state index contributed by atoms with van der Waals surface area (Å²) in [7, 11) is 1.55. The van der Waals surface area contributed by atoms with Crippen LogP contribution < -0.4 is 15.3 Å². The first-order chi connectivity index (χ1) is 17.9. The van der Waals surface area contributed by atoms with E-state index in [2.05, 4.69) is 19.9 Å². The fourth-order valence-electron chi connectivity index (χ4n) is 5.54. The van der Waals surface area contributed by atoms with Crippen molar-refractivity contribution in [2.24, 2.45) is 5.92 Å². The van der Waals surface area contributed by atoms with Gasteiger partial charge in [0, 0.05) is 55.5 Å². The molecule has 37 heavy (non-hydrogen) atoms. The van der Waals surface area contributed by atoms with Crippen molar-refractivity contribution in [3.63, 3.8) is 0 Å². The normalized spacial score (nSPS) is 19.1. The van der Waals surface area contributed by atoms with Crippen molar-refractivity contribution in [2.75, 3.05) is 31.6 Å². The first-order valence-corrected chi connectivity index (χ1v) is 12.6. The SMILES string of the molecule is COc1cnc2c(n1)N(C1CCN(CCc3cc4c(=O)oc5ccc(F)cc5c4[nH]3)CC1)C(=O)C(C)C2. The average Bonchev–Trinajstić information content (AvgIpc) is 3.34. The van der Waals surface area contributed by atoms with E-state index in [0.717, 1.165) is 43.9 Å². The third kappa shape index (κ3) is 4.25. The number of fused-ring (bicyclic) bond motifs is 4. The summed E-state index contributed by atoms with van der Waals surface area (Å²) in [6, 6.07) is 6.00. The number of nitrogens with one attached hydrogen (secondary N) is 1. The van der Waals surface area contributed by atoms with E-state index in [1.807, 2.05) is 11.8 Å². The van der Waals surface area contributed by atoms with Crippen LogP contribution in [0.15, 0.2) is 39.7 Å². The summed E-state index contributed by atoms with van der Waals surface area (Å²) in [4.78, 5) is 42.1. The third-order valence-corrected chi connectivity index (χ3v) is 7.53. The summed E-state index contributed by atoms with van der Waals surface area (Å²) in [5.41, 5.74) is 2.27. The number of carbonyl (C=O) groups is 1. The van der Waals surface area contributed by atoms with Crippen LogP contribution in [0.25, 0.3) is 21.9 Å². The van der Waals surface area contributed by atoms with E-state index in [1.54, 1.807) is 19.4 Å². The van der Waals surface area contributed by atoms with Crippen LogP contribution in [0.1, 0.15) is 31.2 Å². The fraction of sp³-hybridized carbons (Fsp3) is 0.407. The zero-order valence-corrected chi connectivity index (χ0v) is 20.8. The number of hydrogen-bond donors (Lipinski definition) is 1. The molecule has 6 rings (SSSR count). The predicted octanol–water partition coefficient (Wildman–Crippen LogP) is 3.44. The second-order valence-corrected chi connectivity index (χ2v) is 9.93. The summed E-state index contributed by atoms with van der Waals surface area (Å²) in [5.74, 6) is 0.620. The highest BCUT2D eigenvalue weighted by molar-refractivity contribution is 6.02. The maximum Gasteiger partial charge on any atom is 0.345 e. The Kier molecular flexibility index (Phi) is 5.91. The molecule has 1 unspecified atom stereocenters. The monoisotopic (exact) mass is 505 g/mol. The molecule has 0 spiro atoms. The second-order valence-electron chi connectivity index (χ2n) is 9.93. The Balaban J connectivity index is 1.15. The summed E-state index contributed by atoms with van der Waals surface area (Å²) >= 11 is 0. The molecule has 3 aromatic heterocycles. The van der Waals surface area contributed by atoms with Crippen molar-refractivity contribution < 1.29 is 18.3 Å². The highest BCUT2D eigenvalue weighted by Gasteiger charge is 2.38. The van der Waals surface area contributed by atoms with Crippen LogP contribution in [0.4, 0.5) is 10.2 Å². The lowest BCUT2D eigenvalue weighted by Gasteiger charge is -2.41. The lowest BCUT2D eigenvalue weighted by atomic mass is 9.94. The average molecular weight is 506 g/mol. The smallest absolute Gasteiger partial charge is 0.345 e. The second kappa shape index (κ2) is 9.26. The van der Waals surface area contributed by atoms with Crippen LogP contribution in [-0.2, 0) is 17.6 Å². The van der Waals surface area contributed by atoms with Gasteiger partial charge in [-0.2, -0.15) is 4.98 Å². The van der Waals surface area contributed by atoms with Crippen molar-refractivity contribution in [1.29, 1.82) is 0 Å². The maximum absolute atomic E-state index is 13.8. The van der Waals surface area contributed by atoms with Gasteiger partial charge in [-0.1, -0.05) is 6.92 Å². The van der Waals surface area contributed by atoms with Gasteiger partial charge >= 0.3 is 5.63 Å². The largest absolute Gasteiger partial charge is 0.480 e. The number of amides is 1. The van der Waals surface area contributed by atoms with E-state index in [4.69, 9.17) is 9.15 Å². The number of halogens is 1. The molecule has 2 aliphatic heterocycles. The molecule has 1 saturated heterocycles. The molecule has 1 N–H and O–H groups in total. The van der Waals surface area contributed by atoms with Gasteiger partial charge in [0.05, 0.1) is 29.9 Å². The number of ether oxygens (including phenoxy) is 1. The molecule has 0 radical (unpaired) electrons. The van der Waals surface area contributed by atoms with E-state index in [0.29, 0.717) is 46.4 Å². The standard InChI is InChI=1S/C27H28FN5O4/c1-15-11-21-25(31-23(36-2)14-29-21)33(26(15)34)18-6-9-32(10-7-18)8-5-17-13-20-24(30-17)19-12-16(28)3-4-22(19)37-27(20)35/h3-4,12-15,18,30H,5-11H2,1-2H3. The highest BCUT2D eigenvalue weighted by atomic mass is 19.1. The van der Waals surface area contributed by atoms with Gasteiger partial charge in [-0.05, 0) is 37.1 Å². The van der Waals surface area contributed by atoms with Gasteiger partial charge in [-0.15, -0.1) is 0 Å². The van der Waals surface area contributed by atoms with Gasteiger partial charge < -0.3 is 19.0 Å². The van der Waals surface area contributed by atoms with Crippen LogP contribution in [0, 0.1) is 11.7 Å². The third-order valence-electron chi connectivity index (χ3n) is 7.53. The van der Waals surface area contributed by atoms with Gasteiger partial charge in [-0.25, -0.2) is 9.18 Å². The summed E-state index contributed by atoms with van der Waals surface area (Å²) < 4.78 is 24.4. The minimum absolute atomic E-state index is 0.0608. The number of piperidine rings is 1. The van der Waals surface area contributed by atoms with E-state index >= 15 is 0 Å². The molecule has 0 aliphatic carbocycles. The molecule has 1 fully saturated rings. The molecule has 10 heteroatoms. The number of aromatic amines is 1. The lowest BCUT2D eigenvalue weighted by Crippen LogP contribution is -2.52. The zero-order valence-electron chi connectivity index (χ0n) is 20.8. The molecule has 1 amide bonds. The Labute approximate surface area is 212 Å². The Morgan fingerprint density at radius 1 is 1.19 bits per heavy atom. The van der Waals surface area contributed by atoms with E-state index in [9.17, 15) is 14.0 Å². The number of aromatic nitrogens is 3. The van der Waals surface area contributed by atoms with Crippen LogP contribution in [-0.4, -0.2) is 58.5 Å². The van der Waals surface area contributed by atoms with Crippen LogP contribution in [0.2, 0.25) is 0 Å². The number of H-pyrrole nitrogens is 1. The molecular formula is C27H28FN5O4. The van der Waals surface area contributed by atoms with E-state index in [1.165, 1.54) is 18.2 Å². The number of benzene rings is 1.